The first-order chi connectivity index (χ1) is 14.4. The Kier molecular flexibility index (Phi) is 5.12. The molecule has 0 aliphatic carbocycles. The molecule has 0 saturated carbocycles. The summed E-state index contributed by atoms with van der Waals surface area (Å²) in [7, 11) is 0. The van der Waals surface area contributed by atoms with Crippen LogP contribution in [-0.4, -0.2) is 49.2 Å². The normalized spacial score (nSPS) is 18.6. The Labute approximate surface area is 187 Å². The molecule has 1 fully saturated rings. The molecule has 158 valence electrons. The van der Waals surface area contributed by atoms with Gasteiger partial charge in [0.25, 0.3) is 0 Å². The van der Waals surface area contributed by atoms with Gasteiger partial charge in [0.15, 0.2) is 0 Å². The van der Waals surface area contributed by atoms with Gasteiger partial charge in [0, 0.05) is 70.8 Å². The molecular weight excluding hydrogens is 417 g/mol. The molecule has 2 aromatic carbocycles. The van der Waals surface area contributed by atoms with Gasteiger partial charge in [0.2, 0.25) is 0 Å². The van der Waals surface area contributed by atoms with Gasteiger partial charge in [0.1, 0.15) is 5.75 Å². The van der Waals surface area contributed by atoms with Gasteiger partial charge in [0.05, 0.1) is 12.3 Å². The lowest BCUT2D eigenvalue weighted by molar-refractivity contribution is 0.259. The van der Waals surface area contributed by atoms with E-state index in [2.05, 4.69) is 53.0 Å². The van der Waals surface area contributed by atoms with Gasteiger partial charge in [-0.1, -0.05) is 43.1 Å². The molecule has 0 unspecified atom stereocenters. The van der Waals surface area contributed by atoms with Crippen LogP contribution in [0.2, 0.25) is 10.0 Å². The molecule has 1 aromatic heterocycles. The van der Waals surface area contributed by atoms with Gasteiger partial charge in [-0.3, -0.25) is 4.90 Å². The first-order valence-corrected chi connectivity index (χ1v) is 11.4. The fourth-order valence-electron chi connectivity index (χ4n) is 4.66. The average molecular weight is 444 g/mol. The highest BCUT2D eigenvalue weighted by Gasteiger charge is 2.35. The highest BCUT2D eigenvalue weighted by molar-refractivity contribution is 6.31. The maximum absolute atomic E-state index is 6.46. The third-order valence-corrected chi connectivity index (χ3v) is 6.93. The molecule has 6 heteroatoms. The lowest BCUT2D eigenvalue weighted by atomic mass is 9.86. The smallest absolute Gasteiger partial charge is 0.146 e. The van der Waals surface area contributed by atoms with Crippen LogP contribution in [-0.2, 0) is 11.8 Å². The molecule has 0 atom stereocenters. The van der Waals surface area contributed by atoms with E-state index >= 15 is 0 Å². The molecule has 30 heavy (non-hydrogen) atoms. The number of rotatable bonds is 4. The fraction of sp³-hybridized carbons (Fsp3) is 0.417. The highest BCUT2D eigenvalue weighted by atomic mass is 35.5. The minimum absolute atomic E-state index is 0.0143. The molecule has 2 aliphatic heterocycles. The number of benzene rings is 2. The van der Waals surface area contributed by atoms with Crippen molar-refractivity contribution in [3.05, 3.63) is 57.7 Å². The van der Waals surface area contributed by atoms with E-state index in [-0.39, 0.29) is 5.41 Å². The Morgan fingerprint density at radius 1 is 1.03 bits per heavy atom. The first kappa shape index (κ1) is 20.0. The van der Waals surface area contributed by atoms with Gasteiger partial charge >= 0.3 is 0 Å². The van der Waals surface area contributed by atoms with E-state index in [0.717, 1.165) is 66.1 Å². The predicted octanol–water partition coefficient (Wildman–Crippen LogP) is 5.51. The van der Waals surface area contributed by atoms with Crippen molar-refractivity contribution >= 4 is 39.8 Å². The van der Waals surface area contributed by atoms with E-state index < -0.39 is 0 Å². The van der Waals surface area contributed by atoms with Crippen LogP contribution >= 0.6 is 23.2 Å². The summed E-state index contributed by atoms with van der Waals surface area (Å²) in [5.41, 5.74) is 4.86. The molecule has 0 spiro atoms. The van der Waals surface area contributed by atoms with Crippen LogP contribution in [0.3, 0.4) is 0 Å². The van der Waals surface area contributed by atoms with Crippen molar-refractivity contribution in [3.8, 4) is 5.75 Å². The van der Waals surface area contributed by atoms with Crippen LogP contribution in [0.15, 0.2) is 36.5 Å². The summed E-state index contributed by atoms with van der Waals surface area (Å²) in [6, 6.07) is 10.2. The van der Waals surface area contributed by atoms with Crippen molar-refractivity contribution in [2.75, 3.05) is 44.2 Å². The third kappa shape index (κ3) is 3.66. The van der Waals surface area contributed by atoms with E-state index in [4.69, 9.17) is 27.9 Å². The summed E-state index contributed by atoms with van der Waals surface area (Å²) in [5.74, 6) is 1.02. The topological polar surface area (TPSA) is 31.5 Å². The zero-order chi connectivity index (χ0) is 20.9. The molecule has 5 rings (SSSR count). The number of piperazine rings is 1. The van der Waals surface area contributed by atoms with Crippen LogP contribution in [0, 0.1) is 0 Å². The molecule has 0 amide bonds. The number of aromatic nitrogens is 1. The second-order valence-electron chi connectivity index (χ2n) is 9.06. The molecule has 2 aliphatic rings. The summed E-state index contributed by atoms with van der Waals surface area (Å²) in [6.45, 7) is 10.3. The van der Waals surface area contributed by atoms with Crippen LogP contribution in [0.25, 0.3) is 10.9 Å². The van der Waals surface area contributed by atoms with Crippen molar-refractivity contribution in [2.45, 2.75) is 25.7 Å². The standard InChI is InChI=1S/C24H27Cl2N3O/c1-24(2)15-30-23-20(24)11-18(26)13-22(23)29-9-7-28(8-10-29)6-5-16-14-27-21-12-17(25)3-4-19(16)21/h3-4,11-14,27H,5-10,15H2,1-2H3. The van der Waals surface area contributed by atoms with Crippen LogP contribution in [0.4, 0.5) is 5.69 Å². The molecule has 0 radical (unpaired) electrons. The lowest BCUT2D eigenvalue weighted by Gasteiger charge is -2.36. The number of halogens is 2. The summed E-state index contributed by atoms with van der Waals surface area (Å²) in [4.78, 5) is 8.31. The van der Waals surface area contributed by atoms with E-state index in [1.807, 2.05) is 12.1 Å². The summed E-state index contributed by atoms with van der Waals surface area (Å²) >= 11 is 12.6. The zero-order valence-electron chi connectivity index (χ0n) is 17.5. The number of H-pyrrole nitrogens is 1. The fourth-order valence-corrected chi connectivity index (χ4v) is 5.04. The number of hydrogen-bond donors (Lipinski definition) is 1. The lowest BCUT2D eigenvalue weighted by Crippen LogP contribution is -2.47. The van der Waals surface area contributed by atoms with E-state index in [9.17, 15) is 0 Å². The zero-order valence-corrected chi connectivity index (χ0v) is 19.0. The van der Waals surface area contributed by atoms with Crippen molar-refractivity contribution < 1.29 is 4.74 Å². The van der Waals surface area contributed by atoms with Gasteiger partial charge in [-0.05, 0) is 36.2 Å². The first-order valence-electron chi connectivity index (χ1n) is 10.6. The monoisotopic (exact) mass is 443 g/mol. The molecule has 3 aromatic rings. The Bertz CT molecular complexity index is 1080. The predicted molar refractivity (Wildman–Crippen MR) is 126 cm³/mol. The number of nitrogens with one attached hydrogen (secondary N) is 1. The largest absolute Gasteiger partial charge is 0.490 e. The molecule has 3 heterocycles. The highest BCUT2D eigenvalue weighted by Crippen LogP contribution is 2.46. The average Bonchev–Trinajstić information content (AvgIpc) is 3.26. The van der Waals surface area contributed by atoms with E-state index in [1.54, 1.807) is 0 Å². The minimum Gasteiger partial charge on any atom is -0.490 e. The van der Waals surface area contributed by atoms with Crippen LogP contribution < -0.4 is 9.64 Å². The summed E-state index contributed by atoms with van der Waals surface area (Å²) < 4.78 is 6.10. The summed E-state index contributed by atoms with van der Waals surface area (Å²) in [6.07, 6.45) is 3.15. The maximum atomic E-state index is 6.46. The SMILES string of the molecule is CC1(C)COc2c(N3CCN(CCc4c[nH]c5cc(Cl)ccc45)CC3)cc(Cl)cc21. The molecule has 4 nitrogen and oxygen atoms in total. The van der Waals surface area contributed by atoms with Crippen molar-refractivity contribution in [2.24, 2.45) is 0 Å². The number of anilines is 1. The van der Waals surface area contributed by atoms with Crippen LogP contribution in [0.1, 0.15) is 25.0 Å². The van der Waals surface area contributed by atoms with E-state index in [1.165, 1.54) is 16.5 Å². The molecule has 1 N–H and O–H groups in total. The van der Waals surface area contributed by atoms with E-state index in [0.29, 0.717) is 6.61 Å². The van der Waals surface area contributed by atoms with Gasteiger partial charge in [-0.2, -0.15) is 0 Å². The second-order valence-corrected chi connectivity index (χ2v) is 9.93. The Hall–Kier alpha value is -1.88. The Morgan fingerprint density at radius 2 is 1.83 bits per heavy atom. The van der Waals surface area contributed by atoms with Gasteiger partial charge in [-0.25, -0.2) is 0 Å². The number of hydrogen-bond acceptors (Lipinski definition) is 3. The van der Waals surface area contributed by atoms with Gasteiger partial charge in [-0.15, -0.1) is 0 Å². The Morgan fingerprint density at radius 3 is 2.63 bits per heavy atom. The van der Waals surface area contributed by atoms with Crippen molar-refractivity contribution in [1.82, 2.24) is 9.88 Å². The second kappa shape index (κ2) is 7.67. The van der Waals surface area contributed by atoms with Crippen molar-refractivity contribution in [3.63, 3.8) is 0 Å². The third-order valence-electron chi connectivity index (χ3n) is 6.48. The maximum Gasteiger partial charge on any atom is 0.146 e. The molecular formula is C24H27Cl2N3O. The number of nitrogens with zero attached hydrogens (tertiary/aromatic N) is 2. The number of aromatic amines is 1. The minimum atomic E-state index is 0.0143. The number of ether oxygens (including phenoxy) is 1. The molecule has 0 bridgehead atoms. The van der Waals surface area contributed by atoms with Gasteiger partial charge < -0.3 is 14.6 Å². The molecule has 1 saturated heterocycles. The summed E-state index contributed by atoms with van der Waals surface area (Å²) in [5, 5.41) is 2.84. The number of fused-ring (bicyclic) bond motifs is 2. The van der Waals surface area contributed by atoms with Crippen LogP contribution in [0.5, 0.6) is 5.75 Å². The Balaban J connectivity index is 1.24. The van der Waals surface area contributed by atoms with Crippen molar-refractivity contribution in [1.29, 1.82) is 0 Å². The quantitative estimate of drug-likeness (QED) is 0.576.